The molecule has 1 N–H and O–H groups in total. The van der Waals surface area contributed by atoms with E-state index in [0.717, 1.165) is 32.4 Å². The number of hydrogen-bond acceptors (Lipinski definition) is 3. The summed E-state index contributed by atoms with van der Waals surface area (Å²) < 4.78 is 5.05. The Labute approximate surface area is 104 Å². The van der Waals surface area contributed by atoms with E-state index >= 15 is 0 Å². The van der Waals surface area contributed by atoms with E-state index in [2.05, 4.69) is 0 Å². The van der Waals surface area contributed by atoms with Gasteiger partial charge in [-0.05, 0) is 31.1 Å². The normalized spacial score (nSPS) is 22.5. The molecule has 0 aliphatic carbocycles. The molecule has 1 aliphatic rings. The minimum Gasteiger partial charge on any atom is -0.396 e. The summed E-state index contributed by atoms with van der Waals surface area (Å²) in [6.45, 7) is 4.60. The second-order valence-corrected chi connectivity index (χ2v) is 5.12. The Hall–Kier alpha value is -0.610. The Morgan fingerprint density at radius 1 is 1.59 bits per heavy atom. The van der Waals surface area contributed by atoms with Crippen molar-refractivity contribution in [2.75, 3.05) is 33.4 Å². The Balaban J connectivity index is 2.35. The molecule has 1 saturated heterocycles. The molecule has 2 atom stereocenters. The molecule has 1 amide bonds. The zero-order chi connectivity index (χ0) is 12.7. The standard InChI is InChI=1S/C13H25NO3/c1-11(10-17-2)8-13(16)14-6-3-4-12(9-14)5-7-15/h11-12,15H,3-10H2,1-2H3. The van der Waals surface area contributed by atoms with Gasteiger partial charge in [-0.3, -0.25) is 4.79 Å². The largest absolute Gasteiger partial charge is 0.396 e. The second-order valence-electron chi connectivity index (χ2n) is 5.12. The molecule has 0 aromatic rings. The molecule has 0 aromatic carbocycles. The summed E-state index contributed by atoms with van der Waals surface area (Å²) in [5.41, 5.74) is 0. The number of carbonyl (C=O) groups is 1. The molecule has 100 valence electrons. The van der Waals surface area contributed by atoms with Gasteiger partial charge in [-0.1, -0.05) is 6.92 Å². The van der Waals surface area contributed by atoms with Crippen molar-refractivity contribution in [3.05, 3.63) is 0 Å². The van der Waals surface area contributed by atoms with Crippen LogP contribution in [0.4, 0.5) is 0 Å². The number of amides is 1. The van der Waals surface area contributed by atoms with Crippen molar-refractivity contribution < 1.29 is 14.6 Å². The van der Waals surface area contributed by atoms with E-state index in [4.69, 9.17) is 9.84 Å². The summed E-state index contributed by atoms with van der Waals surface area (Å²) in [5.74, 6) is 0.998. The third-order valence-corrected chi connectivity index (χ3v) is 3.38. The highest BCUT2D eigenvalue weighted by Gasteiger charge is 2.24. The van der Waals surface area contributed by atoms with E-state index in [0.29, 0.717) is 18.9 Å². The molecule has 4 nitrogen and oxygen atoms in total. The summed E-state index contributed by atoms with van der Waals surface area (Å²) in [7, 11) is 1.67. The van der Waals surface area contributed by atoms with Crippen LogP contribution >= 0.6 is 0 Å². The molecule has 4 heteroatoms. The van der Waals surface area contributed by atoms with Crippen LogP contribution in [-0.2, 0) is 9.53 Å². The molecule has 0 radical (unpaired) electrons. The molecular weight excluding hydrogens is 218 g/mol. The Kier molecular flexibility index (Phi) is 6.52. The molecule has 0 aromatic heterocycles. The zero-order valence-corrected chi connectivity index (χ0v) is 11.0. The summed E-state index contributed by atoms with van der Waals surface area (Å²) >= 11 is 0. The van der Waals surface area contributed by atoms with Gasteiger partial charge in [0.25, 0.3) is 0 Å². The molecule has 0 saturated carbocycles. The Morgan fingerprint density at radius 3 is 3.00 bits per heavy atom. The van der Waals surface area contributed by atoms with Crippen molar-refractivity contribution in [2.24, 2.45) is 11.8 Å². The van der Waals surface area contributed by atoms with Crippen molar-refractivity contribution in [1.29, 1.82) is 0 Å². The molecule has 2 unspecified atom stereocenters. The highest BCUT2D eigenvalue weighted by atomic mass is 16.5. The lowest BCUT2D eigenvalue weighted by Crippen LogP contribution is -2.40. The highest BCUT2D eigenvalue weighted by molar-refractivity contribution is 5.76. The number of aliphatic hydroxyl groups is 1. The minimum atomic E-state index is 0.229. The average molecular weight is 243 g/mol. The van der Waals surface area contributed by atoms with Crippen LogP contribution in [0.5, 0.6) is 0 Å². The maximum absolute atomic E-state index is 12.0. The van der Waals surface area contributed by atoms with Gasteiger partial charge in [0, 0.05) is 39.8 Å². The van der Waals surface area contributed by atoms with Crippen LogP contribution in [0.2, 0.25) is 0 Å². The molecular formula is C13H25NO3. The van der Waals surface area contributed by atoms with Gasteiger partial charge in [0.2, 0.25) is 5.91 Å². The van der Waals surface area contributed by atoms with Crippen molar-refractivity contribution in [2.45, 2.75) is 32.6 Å². The first kappa shape index (κ1) is 14.5. The van der Waals surface area contributed by atoms with Gasteiger partial charge in [0.05, 0.1) is 0 Å². The van der Waals surface area contributed by atoms with Crippen molar-refractivity contribution in [3.8, 4) is 0 Å². The number of ether oxygens (including phenoxy) is 1. The summed E-state index contributed by atoms with van der Waals surface area (Å²) in [6.07, 6.45) is 3.59. The lowest BCUT2D eigenvalue weighted by molar-refractivity contribution is -0.134. The van der Waals surface area contributed by atoms with Gasteiger partial charge in [-0.2, -0.15) is 0 Å². The Morgan fingerprint density at radius 2 is 2.35 bits per heavy atom. The molecule has 1 heterocycles. The minimum absolute atomic E-state index is 0.229. The maximum Gasteiger partial charge on any atom is 0.222 e. The number of nitrogens with zero attached hydrogens (tertiary/aromatic N) is 1. The average Bonchev–Trinajstić information content (AvgIpc) is 2.30. The number of carbonyl (C=O) groups excluding carboxylic acids is 1. The Bertz CT molecular complexity index is 231. The van der Waals surface area contributed by atoms with Crippen molar-refractivity contribution in [1.82, 2.24) is 4.90 Å². The first-order chi connectivity index (χ1) is 8.17. The summed E-state index contributed by atoms with van der Waals surface area (Å²) in [5, 5.41) is 8.94. The van der Waals surface area contributed by atoms with E-state index in [9.17, 15) is 4.79 Å². The third-order valence-electron chi connectivity index (χ3n) is 3.38. The quantitative estimate of drug-likeness (QED) is 0.764. The predicted octanol–water partition coefficient (Wildman–Crippen LogP) is 1.28. The number of aliphatic hydroxyl groups excluding tert-OH is 1. The number of hydrogen-bond donors (Lipinski definition) is 1. The number of piperidine rings is 1. The molecule has 1 rings (SSSR count). The van der Waals surface area contributed by atoms with Crippen LogP contribution in [0.15, 0.2) is 0 Å². The molecule has 17 heavy (non-hydrogen) atoms. The van der Waals surface area contributed by atoms with E-state index in [1.807, 2.05) is 11.8 Å². The summed E-state index contributed by atoms with van der Waals surface area (Å²) in [6, 6.07) is 0. The summed E-state index contributed by atoms with van der Waals surface area (Å²) in [4.78, 5) is 14.0. The van der Waals surface area contributed by atoms with Crippen LogP contribution in [0.3, 0.4) is 0 Å². The van der Waals surface area contributed by atoms with Gasteiger partial charge >= 0.3 is 0 Å². The van der Waals surface area contributed by atoms with Gasteiger partial charge in [0.15, 0.2) is 0 Å². The van der Waals surface area contributed by atoms with Gasteiger partial charge in [-0.15, -0.1) is 0 Å². The fraction of sp³-hybridized carbons (Fsp3) is 0.923. The van der Waals surface area contributed by atoms with Gasteiger partial charge in [-0.25, -0.2) is 0 Å². The van der Waals surface area contributed by atoms with E-state index in [1.165, 1.54) is 0 Å². The molecule has 0 spiro atoms. The van der Waals surface area contributed by atoms with E-state index in [1.54, 1.807) is 7.11 Å². The first-order valence-corrected chi connectivity index (χ1v) is 6.55. The van der Waals surface area contributed by atoms with Crippen molar-refractivity contribution >= 4 is 5.91 Å². The molecule has 1 aliphatic heterocycles. The van der Waals surface area contributed by atoms with Crippen LogP contribution in [0.25, 0.3) is 0 Å². The number of rotatable bonds is 6. The number of likely N-dealkylation sites (tertiary alicyclic amines) is 1. The van der Waals surface area contributed by atoms with Crippen LogP contribution in [-0.4, -0.2) is 49.3 Å². The predicted molar refractivity (Wildman–Crippen MR) is 66.7 cm³/mol. The number of methoxy groups -OCH3 is 1. The smallest absolute Gasteiger partial charge is 0.222 e. The van der Waals surface area contributed by atoms with E-state index in [-0.39, 0.29) is 18.4 Å². The third kappa shape index (κ3) is 5.04. The van der Waals surface area contributed by atoms with Crippen LogP contribution < -0.4 is 0 Å². The van der Waals surface area contributed by atoms with E-state index < -0.39 is 0 Å². The molecule has 0 bridgehead atoms. The van der Waals surface area contributed by atoms with Crippen LogP contribution in [0, 0.1) is 11.8 Å². The first-order valence-electron chi connectivity index (χ1n) is 6.55. The van der Waals surface area contributed by atoms with Crippen molar-refractivity contribution in [3.63, 3.8) is 0 Å². The second kappa shape index (κ2) is 7.67. The zero-order valence-electron chi connectivity index (χ0n) is 11.0. The van der Waals surface area contributed by atoms with Crippen LogP contribution in [0.1, 0.15) is 32.6 Å². The SMILES string of the molecule is COCC(C)CC(=O)N1CCCC(CCO)C1. The fourth-order valence-electron chi connectivity index (χ4n) is 2.48. The highest BCUT2D eigenvalue weighted by Crippen LogP contribution is 2.20. The van der Waals surface area contributed by atoms with Gasteiger partial charge in [0.1, 0.15) is 0 Å². The topological polar surface area (TPSA) is 49.8 Å². The lowest BCUT2D eigenvalue weighted by Gasteiger charge is -2.33. The fourth-order valence-corrected chi connectivity index (χ4v) is 2.48. The maximum atomic E-state index is 12.0. The van der Waals surface area contributed by atoms with Gasteiger partial charge < -0.3 is 14.7 Å². The lowest BCUT2D eigenvalue weighted by atomic mass is 9.94. The molecule has 1 fully saturated rings. The monoisotopic (exact) mass is 243 g/mol.